The van der Waals surface area contributed by atoms with Gasteiger partial charge in [0.1, 0.15) is 11.0 Å². The van der Waals surface area contributed by atoms with E-state index in [9.17, 15) is 4.79 Å². The van der Waals surface area contributed by atoms with Crippen LogP contribution in [0.15, 0.2) is 18.2 Å². The number of hydrogen-bond donors (Lipinski definition) is 0. The standard InChI is InChI=1S/C19H26N4O2S/c1-25-10-2-7-23-14-19(12-18(23)24)5-8-22(9-6-19)13-15-3-4-16-17(11-15)21-26-20-16/h3-4,11H,2,5-10,12-14H2,1H3. The molecule has 2 aliphatic rings. The van der Waals surface area contributed by atoms with Crippen molar-refractivity contribution in [1.29, 1.82) is 0 Å². The molecule has 7 heteroatoms. The van der Waals surface area contributed by atoms with E-state index in [4.69, 9.17) is 4.74 Å². The third kappa shape index (κ3) is 3.75. The highest BCUT2D eigenvalue weighted by Crippen LogP contribution is 2.41. The zero-order valence-corrected chi connectivity index (χ0v) is 16.1. The Kier molecular flexibility index (Phi) is 5.20. The van der Waals surface area contributed by atoms with Crippen LogP contribution in [-0.2, 0) is 16.1 Å². The molecular formula is C19H26N4O2S. The Morgan fingerprint density at radius 3 is 2.85 bits per heavy atom. The Morgan fingerprint density at radius 2 is 2.04 bits per heavy atom. The first-order chi connectivity index (χ1) is 12.7. The van der Waals surface area contributed by atoms with E-state index < -0.39 is 0 Å². The van der Waals surface area contributed by atoms with E-state index in [2.05, 4.69) is 36.7 Å². The number of carbonyl (C=O) groups is 1. The Bertz CT molecular complexity index is 770. The lowest BCUT2D eigenvalue weighted by Gasteiger charge is -2.38. The van der Waals surface area contributed by atoms with E-state index in [1.165, 1.54) is 17.3 Å². The number of rotatable bonds is 6. The third-order valence-electron chi connectivity index (χ3n) is 5.82. The van der Waals surface area contributed by atoms with Gasteiger partial charge in [0.25, 0.3) is 0 Å². The summed E-state index contributed by atoms with van der Waals surface area (Å²) < 4.78 is 13.7. The van der Waals surface area contributed by atoms with Crippen molar-refractivity contribution < 1.29 is 9.53 Å². The summed E-state index contributed by atoms with van der Waals surface area (Å²) in [7, 11) is 1.71. The van der Waals surface area contributed by atoms with Gasteiger partial charge in [0.05, 0.1) is 11.7 Å². The quantitative estimate of drug-likeness (QED) is 0.727. The molecule has 0 N–H and O–H groups in total. The fourth-order valence-electron chi connectivity index (χ4n) is 4.29. The highest BCUT2D eigenvalue weighted by molar-refractivity contribution is 7.00. The predicted octanol–water partition coefficient (Wildman–Crippen LogP) is 2.54. The van der Waals surface area contributed by atoms with Crippen LogP contribution in [-0.4, -0.2) is 64.3 Å². The van der Waals surface area contributed by atoms with Crippen LogP contribution >= 0.6 is 11.7 Å². The minimum atomic E-state index is 0.198. The molecule has 1 spiro atoms. The SMILES string of the molecule is COCCCN1CC2(CCN(Cc3ccc4nsnc4c3)CC2)CC1=O. The van der Waals surface area contributed by atoms with Crippen LogP contribution in [0.4, 0.5) is 0 Å². The maximum Gasteiger partial charge on any atom is 0.223 e. The van der Waals surface area contributed by atoms with E-state index in [0.717, 1.165) is 76.0 Å². The Hall–Kier alpha value is -1.57. The van der Waals surface area contributed by atoms with E-state index in [0.29, 0.717) is 5.91 Å². The van der Waals surface area contributed by atoms with Gasteiger partial charge in [0, 0.05) is 39.8 Å². The van der Waals surface area contributed by atoms with E-state index >= 15 is 0 Å². The van der Waals surface area contributed by atoms with Gasteiger partial charge in [-0.2, -0.15) is 8.75 Å². The van der Waals surface area contributed by atoms with Crippen LogP contribution in [0.3, 0.4) is 0 Å². The predicted molar refractivity (Wildman–Crippen MR) is 102 cm³/mol. The third-order valence-corrected chi connectivity index (χ3v) is 6.38. The van der Waals surface area contributed by atoms with Gasteiger partial charge >= 0.3 is 0 Å². The summed E-state index contributed by atoms with van der Waals surface area (Å²) >= 11 is 1.27. The van der Waals surface area contributed by atoms with Gasteiger partial charge in [-0.1, -0.05) is 6.07 Å². The summed E-state index contributed by atoms with van der Waals surface area (Å²) in [4.78, 5) is 16.9. The number of carbonyl (C=O) groups excluding carboxylic acids is 1. The van der Waals surface area contributed by atoms with Crippen LogP contribution in [0.2, 0.25) is 0 Å². The number of benzene rings is 1. The van der Waals surface area contributed by atoms with Crippen LogP contribution in [0, 0.1) is 5.41 Å². The fourth-order valence-corrected chi connectivity index (χ4v) is 4.81. The highest BCUT2D eigenvalue weighted by Gasteiger charge is 2.44. The van der Waals surface area contributed by atoms with Gasteiger partial charge in [0.15, 0.2) is 0 Å². The molecule has 0 atom stereocenters. The number of nitrogens with zero attached hydrogens (tertiary/aromatic N) is 4. The normalized spacial score (nSPS) is 20.5. The van der Waals surface area contributed by atoms with Gasteiger partial charge in [-0.05, 0) is 55.5 Å². The van der Waals surface area contributed by atoms with Crippen molar-refractivity contribution in [2.75, 3.05) is 39.9 Å². The number of aromatic nitrogens is 2. The first-order valence-corrected chi connectivity index (χ1v) is 10.1. The highest BCUT2D eigenvalue weighted by atomic mass is 32.1. The smallest absolute Gasteiger partial charge is 0.223 e. The van der Waals surface area contributed by atoms with E-state index in [1.54, 1.807) is 7.11 Å². The fraction of sp³-hybridized carbons (Fsp3) is 0.632. The molecule has 4 rings (SSSR count). The van der Waals surface area contributed by atoms with Gasteiger partial charge in [-0.3, -0.25) is 9.69 Å². The van der Waals surface area contributed by atoms with Crippen molar-refractivity contribution in [1.82, 2.24) is 18.5 Å². The Balaban J connectivity index is 1.31. The van der Waals surface area contributed by atoms with Crippen molar-refractivity contribution in [2.24, 2.45) is 5.41 Å². The zero-order chi connectivity index (χ0) is 18.0. The van der Waals surface area contributed by atoms with E-state index in [1.807, 2.05) is 0 Å². The monoisotopic (exact) mass is 374 g/mol. The largest absolute Gasteiger partial charge is 0.385 e. The number of amides is 1. The molecule has 2 fully saturated rings. The molecule has 0 aliphatic carbocycles. The van der Waals surface area contributed by atoms with Crippen molar-refractivity contribution in [3.63, 3.8) is 0 Å². The summed E-state index contributed by atoms with van der Waals surface area (Å²) in [5.74, 6) is 0.330. The molecule has 2 aliphatic heterocycles. The number of hydrogen-bond acceptors (Lipinski definition) is 6. The van der Waals surface area contributed by atoms with Crippen LogP contribution in [0.5, 0.6) is 0 Å². The minimum absolute atomic E-state index is 0.198. The summed E-state index contributed by atoms with van der Waals surface area (Å²) in [6, 6.07) is 6.37. The molecule has 2 saturated heterocycles. The maximum absolute atomic E-state index is 12.4. The first-order valence-electron chi connectivity index (χ1n) is 9.38. The number of fused-ring (bicyclic) bond motifs is 1. The minimum Gasteiger partial charge on any atom is -0.385 e. The van der Waals surface area contributed by atoms with Gasteiger partial charge in [-0.25, -0.2) is 0 Å². The molecule has 2 aromatic rings. The maximum atomic E-state index is 12.4. The summed E-state index contributed by atoms with van der Waals surface area (Å²) in [6.45, 7) is 5.57. The zero-order valence-electron chi connectivity index (χ0n) is 15.3. The van der Waals surface area contributed by atoms with Crippen molar-refractivity contribution in [3.8, 4) is 0 Å². The number of ether oxygens (including phenoxy) is 1. The second-order valence-electron chi connectivity index (χ2n) is 7.70. The molecule has 140 valence electrons. The molecule has 26 heavy (non-hydrogen) atoms. The van der Waals surface area contributed by atoms with Crippen molar-refractivity contribution in [3.05, 3.63) is 23.8 Å². The second-order valence-corrected chi connectivity index (χ2v) is 8.23. The van der Waals surface area contributed by atoms with Gasteiger partial charge in [0.2, 0.25) is 5.91 Å². The molecule has 1 amide bonds. The number of likely N-dealkylation sites (tertiary alicyclic amines) is 2. The van der Waals surface area contributed by atoms with Crippen LogP contribution < -0.4 is 0 Å². The molecule has 1 aromatic heterocycles. The summed E-state index contributed by atoms with van der Waals surface area (Å²) in [5, 5.41) is 0. The molecular weight excluding hydrogens is 348 g/mol. The van der Waals surface area contributed by atoms with Crippen LogP contribution in [0.25, 0.3) is 11.0 Å². The molecule has 0 radical (unpaired) electrons. The van der Waals surface area contributed by atoms with Crippen molar-refractivity contribution >= 4 is 28.7 Å². The second kappa shape index (κ2) is 7.58. The molecule has 0 saturated carbocycles. The lowest BCUT2D eigenvalue weighted by Crippen LogP contribution is -2.41. The molecule has 3 heterocycles. The molecule has 1 aromatic carbocycles. The number of piperidine rings is 1. The van der Waals surface area contributed by atoms with Crippen LogP contribution in [0.1, 0.15) is 31.2 Å². The Labute approximate surface area is 158 Å². The van der Waals surface area contributed by atoms with Gasteiger partial charge < -0.3 is 9.64 Å². The molecule has 0 bridgehead atoms. The molecule has 6 nitrogen and oxygen atoms in total. The first kappa shape index (κ1) is 17.8. The summed E-state index contributed by atoms with van der Waals surface area (Å²) in [6.07, 6.45) is 3.88. The lowest BCUT2D eigenvalue weighted by molar-refractivity contribution is -0.128. The van der Waals surface area contributed by atoms with Gasteiger partial charge in [-0.15, -0.1) is 0 Å². The van der Waals surface area contributed by atoms with E-state index in [-0.39, 0.29) is 5.41 Å². The van der Waals surface area contributed by atoms with Crippen molar-refractivity contribution in [2.45, 2.75) is 32.2 Å². The lowest BCUT2D eigenvalue weighted by atomic mass is 9.77. The summed E-state index contributed by atoms with van der Waals surface area (Å²) in [5.41, 5.74) is 3.47. The number of methoxy groups -OCH3 is 1. The Morgan fingerprint density at radius 1 is 1.23 bits per heavy atom. The average Bonchev–Trinajstić information content (AvgIpc) is 3.22. The topological polar surface area (TPSA) is 58.6 Å². The average molecular weight is 375 g/mol. The molecule has 0 unspecified atom stereocenters.